The molecule has 1 aliphatic carbocycles. The van der Waals surface area contributed by atoms with E-state index in [1.54, 1.807) is 6.20 Å². The predicted octanol–water partition coefficient (Wildman–Crippen LogP) is 4.99. The standard InChI is InChI=1S/C28H36N2O2/c1-22-11-15-28(31,16-12-22)25-6-8-26(29-21-25)7-3-24-4-9-27(10-5-24)32-20-19-30-17-13-23(2)14-18-30/h4-6,8-10,21-23,31H,11-20H2,1-2H3/t22-,28+. The van der Waals surface area contributed by atoms with E-state index in [4.69, 9.17) is 4.74 Å². The van der Waals surface area contributed by atoms with E-state index in [2.05, 4.69) is 35.6 Å². The molecule has 0 radical (unpaired) electrons. The largest absolute Gasteiger partial charge is 0.492 e. The molecule has 4 rings (SSSR count). The summed E-state index contributed by atoms with van der Waals surface area (Å²) >= 11 is 0. The minimum Gasteiger partial charge on any atom is -0.492 e. The highest BCUT2D eigenvalue weighted by Crippen LogP contribution is 2.38. The van der Waals surface area contributed by atoms with Gasteiger partial charge in [0.15, 0.2) is 0 Å². The number of nitrogens with zero attached hydrogens (tertiary/aromatic N) is 2. The van der Waals surface area contributed by atoms with Gasteiger partial charge in [0.25, 0.3) is 0 Å². The number of aromatic nitrogens is 1. The molecule has 1 aromatic carbocycles. The van der Waals surface area contributed by atoms with Gasteiger partial charge in [0, 0.05) is 23.9 Å². The van der Waals surface area contributed by atoms with Gasteiger partial charge in [0.05, 0.1) is 5.60 Å². The van der Waals surface area contributed by atoms with Gasteiger partial charge >= 0.3 is 0 Å². The number of piperidine rings is 1. The fourth-order valence-corrected chi connectivity index (χ4v) is 4.62. The number of aliphatic hydroxyl groups is 1. The van der Waals surface area contributed by atoms with Crippen molar-refractivity contribution in [3.63, 3.8) is 0 Å². The third kappa shape index (κ3) is 6.12. The first-order valence-corrected chi connectivity index (χ1v) is 12.2. The topological polar surface area (TPSA) is 45.6 Å². The Morgan fingerprint density at radius 1 is 0.969 bits per heavy atom. The van der Waals surface area contributed by atoms with Crippen LogP contribution in [0, 0.1) is 23.7 Å². The van der Waals surface area contributed by atoms with Gasteiger partial charge in [-0.05, 0) is 99.7 Å². The molecule has 1 aliphatic heterocycles. The van der Waals surface area contributed by atoms with Crippen molar-refractivity contribution >= 4 is 0 Å². The minimum atomic E-state index is -0.728. The van der Waals surface area contributed by atoms with Crippen molar-refractivity contribution in [1.82, 2.24) is 9.88 Å². The van der Waals surface area contributed by atoms with Crippen LogP contribution in [0.1, 0.15) is 69.2 Å². The molecule has 0 atom stereocenters. The number of hydrogen-bond acceptors (Lipinski definition) is 4. The van der Waals surface area contributed by atoms with Crippen LogP contribution >= 0.6 is 0 Å². The first kappa shape index (κ1) is 22.8. The summed E-state index contributed by atoms with van der Waals surface area (Å²) in [6.45, 7) is 8.68. The van der Waals surface area contributed by atoms with E-state index >= 15 is 0 Å². The molecule has 1 N–H and O–H groups in total. The Kier molecular flexibility index (Phi) is 7.50. The van der Waals surface area contributed by atoms with Crippen molar-refractivity contribution in [3.05, 3.63) is 59.4 Å². The lowest BCUT2D eigenvalue weighted by atomic mass is 9.76. The zero-order chi connectivity index (χ0) is 22.4. The normalized spacial score (nSPS) is 24.5. The van der Waals surface area contributed by atoms with E-state index < -0.39 is 5.60 Å². The minimum absolute atomic E-state index is 0.698. The van der Waals surface area contributed by atoms with Gasteiger partial charge in [0.1, 0.15) is 18.1 Å². The molecule has 2 aromatic rings. The molecule has 0 bridgehead atoms. The molecule has 32 heavy (non-hydrogen) atoms. The Bertz CT molecular complexity index is 911. The van der Waals surface area contributed by atoms with Gasteiger partial charge in [-0.25, -0.2) is 4.98 Å². The molecular weight excluding hydrogens is 396 g/mol. The molecule has 0 unspecified atom stereocenters. The Morgan fingerprint density at radius 2 is 1.66 bits per heavy atom. The third-order valence-electron chi connectivity index (χ3n) is 7.14. The molecule has 2 heterocycles. The lowest BCUT2D eigenvalue weighted by Gasteiger charge is -2.35. The van der Waals surface area contributed by atoms with E-state index in [1.807, 2.05) is 36.4 Å². The monoisotopic (exact) mass is 432 g/mol. The van der Waals surface area contributed by atoms with Crippen LogP contribution in [0.4, 0.5) is 0 Å². The van der Waals surface area contributed by atoms with Crippen LogP contribution in [0.25, 0.3) is 0 Å². The summed E-state index contributed by atoms with van der Waals surface area (Å²) in [5, 5.41) is 10.9. The average molecular weight is 433 g/mol. The van der Waals surface area contributed by atoms with Crippen LogP contribution in [0.3, 0.4) is 0 Å². The molecular formula is C28H36N2O2. The van der Waals surface area contributed by atoms with Crippen molar-refractivity contribution in [2.75, 3.05) is 26.2 Å². The summed E-state index contributed by atoms with van der Waals surface area (Å²) in [5.74, 6) is 8.75. The van der Waals surface area contributed by atoms with Crippen LogP contribution in [-0.4, -0.2) is 41.2 Å². The second-order valence-electron chi connectivity index (χ2n) is 9.79. The lowest BCUT2D eigenvalue weighted by molar-refractivity contribution is -0.0123. The Hall–Kier alpha value is -2.35. The van der Waals surface area contributed by atoms with Crippen LogP contribution in [0.2, 0.25) is 0 Å². The van der Waals surface area contributed by atoms with E-state index in [9.17, 15) is 5.11 Å². The van der Waals surface area contributed by atoms with Crippen LogP contribution in [0.15, 0.2) is 42.6 Å². The first-order valence-electron chi connectivity index (χ1n) is 12.2. The molecule has 4 nitrogen and oxygen atoms in total. The van der Waals surface area contributed by atoms with Crippen molar-refractivity contribution in [2.45, 2.75) is 58.0 Å². The van der Waals surface area contributed by atoms with Gasteiger partial charge in [0.2, 0.25) is 0 Å². The van der Waals surface area contributed by atoms with Crippen molar-refractivity contribution in [2.24, 2.45) is 11.8 Å². The number of benzene rings is 1. The number of ether oxygens (including phenoxy) is 1. The van der Waals surface area contributed by atoms with Crippen molar-refractivity contribution in [1.29, 1.82) is 0 Å². The average Bonchev–Trinajstić information content (AvgIpc) is 2.82. The number of likely N-dealkylation sites (tertiary alicyclic amines) is 1. The number of hydrogen-bond donors (Lipinski definition) is 1. The summed E-state index contributed by atoms with van der Waals surface area (Å²) in [4.78, 5) is 6.97. The van der Waals surface area contributed by atoms with Gasteiger partial charge in [-0.15, -0.1) is 0 Å². The second-order valence-corrected chi connectivity index (χ2v) is 9.79. The highest BCUT2D eigenvalue weighted by molar-refractivity contribution is 5.42. The zero-order valence-corrected chi connectivity index (χ0v) is 19.5. The molecule has 0 amide bonds. The summed E-state index contributed by atoms with van der Waals surface area (Å²) < 4.78 is 5.91. The maximum atomic E-state index is 10.9. The maximum Gasteiger partial charge on any atom is 0.119 e. The molecule has 1 saturated carbocycles. The van der Waals surface area contributed by atoms with E-state index in [0.717, 1.165) is 67.3 Å². The Labute approximate surface area is 193 Å². The quantitative estimate of drug-likeness (QED) is 0.676. The first-order chi connectivity index (χ1) is 15.5. The van der Waals surface area contributed by atoms with Gasteiger partial charge in [-0.2, -0.15) is 0 Å². The number of rotatable bonds is 5. The van der Waals surface area contributed by atoms with Gasteiger partial charge in [-0.1, -0.05) is 25.8 Å². The Morgan fingerprint density at radius 3 is 2.31 bits per heavy atom. The van der Waals surface area contributed by atoms with E-state index in [-0.39, 0.29) is 0 Å². The molecule has 0 spiro atoms. The summed E-state index contributed by atoms with van der Waals surface area (Å²) in [5.41, 5.74) is 1.84. The molecule has 170 valence electrons. The summed E-state index contributed by atoms with van der Waals surface area (Å²) in [6, 6.07) is 11.8. The maximum absolute atomic E-state index is 10.9. The zero-order valence-electron chi connectivity index (χ0n) is 19.5. The fourth-order valence-electron chi connectivity index (χ4n) is 4.62. The van der Waals surface area contributed by atoms with Crippen LogP contribution in [-0.2, 0) is 5.60 Å². The molecule has 1 saturated heterocycles. The van der Waals surface area contributed by atoms with Gasteiger partial charge in [-0.3, -0.25) is 4.90 Å². The third-order valence-corrected chi connectivity index (χ3v) is 7.14. The second kappa shape index (κ2) is 10.5. The molecule has 4 heteroatoms. The van der Waals surface area contributed by atoms with Crippen molar-refractivity contribution < 1.29 is 9.84 Å². The lowest BCUT2D eigenvalue weighted by Crippen LogP contribution is -2.35. The Balaban J connectivity index is 1.27. The highest BCUT2D eigenvalue weighted by atomic mass is 16.5. The van der Waals surface area contributed by atoms with Crippen molar-refractivity contribution in [3.8, 4) is 17.6 Å². The van der Waals surface area contributed by atoms with E-state index in [0.29, 0.717) is 5.92 Å². The predicted molar refractivity (Wildman–Crippen MR) is 129 cm³/mol. The molecule has 1 aromatic heterocycles. The summed E-state index contributed by atoms with van der Waals surface area (Å²) in [6.07, 6.45) is 8.14. The number of pyridine rings is 1. The SMILES string of the molecule is CC1CCN(CCOc2ccc(C#Cc3ccc([C@]4(O)CC[C@@H](C)CC4)cn3)cc2)CC1. The summed E-state index contributed by atoms with van der Waals surface area (Å²) in [7, 11) is 0. The molecule has 2 fully saturated rings. The van der Waals surface area contributed by atoms with Crippen LogP contribution < -0.4 is 4.74 Å². The van der Waals surface area contributed by atoms with Crippen LogP contribution in [0.5, 0.6) is 5.75 Å². The highest BCUT2D eigenvalue weighted by Gasteiger charge is 2.33. The molecule has 2 aliphatic rings. The van der Waals surface area contributed by atoms with Gasteiger partial charge < -0.3 is 9.84 Å². The van der Waals surface area contributed by atoms with E-state index in [1.165, 1.54) is 25.9 Å². The smallest absolute Gasteiger partial charge is 0.119 e. The fraction of sp³-hybridized carbons (Fsp3) is 0.536.